The number of benzene rings is 1. The van der Waals surface area contributed by atoms with Crippen LogP contribution in [-0.4, -0.2) is 15.5 Å². The Kier molecular flexibility index (Phi) is 4.89. The maximum Gasteiger partial charge on any atom is 0.268 e. The number of thiazole rings is 1. The summed E-state index contributed by atoms with van der Waals surface area (Å²) < 4.78 is 2.89. The van der Waals surface area contributed by atoms with E-state index in [4.69, 9.17) is 0 Å². The fourth-order valence-corrected chi connectivity index (χ4v) is 2.88. The van der Waals surface area contributed by atoms with Crippen LogP contribution in [0.3, 0.4) is 0 Å². The minimum Gasteiger partial charge on any atom is -0.317 e. The predicted octanol–water partition coefficient (Wildman–Crippen LogP) is 4.24. The molecule has 3 aromatic rings. The van der Waals surface area contributed by atoms with Gasteiger partial charge < -0.3 is 4.57 Å². The first-order valence-corrected chi connectivity index (χ1v) is 8.60. The minimum absolute atomic E-state index is 0.0160. The maximum atomic E-state index is 12.2. The number of amides is 1. The van der Waals surface area contributed by atoms with Crippen LogP contribution in [0.2, 0.25) is 0 Å². The van der Waals surface area contributed by atoms with Crippen molar-refractivity contribution in [3.63, 3.8) is 0 Å². The Balaban J connectivity index is 1.89. The van der Waals surface area contributed by atoms with E-state index in [9.17, 15) is 10.1 Å². The number of rotatable bonds is 4. The average Bonchev–Trinajstić information content (AvgIpc) is 3.25. The Hall–Kier alpha value is -2.69. The molecule has 1 aromatic carbocycles. The first kappa shape index (κ1) is 16.2. The number of nitrogens with one attached hydrogen (secondary N) is 1. The molecule has 0 aliphatic heterocycles. The fraction of sp³-hybridized carbons (Fsp3) is 0. The van der Waals surface area contributed by atoms with Crippen molar-refractivity contribution in [2.45, 2.75) is 0 Å². The molecule has 0 radical (unpaired) electrons. The molecule has 1 amide bonds. The third-order valence-electron chi connectivity index (χ3n) is 3.20. The summed E-state index contributed by atoms with van der Waals surface area (Å²) in [4.78, 5) is 16.2. The molecule has 0 aliphatic rings. The SMILES string of the molecule is N#C/C(=C/c1cccn1-c1ccc(Br)cc1)C(=O)Nc1nccs1. The quantitative estimate of drug-likeness (QED) is 0.527. The lowest BCUT2D eigenvalue weighted by atomic mass is 10.2. The van der Waals surface area contributed by atoms with Crippen LogP contribution >= 0.6 is 27.3 Å². The van der Waals surface area contributed by atoms with Gasteiger partial charge in [0.25, 0.3) is 5.91 Å². The molecule has 118 valence electrons. The predicted molar refractivity (Wildman–Crippen MR) is 97.8 cm³/mol. The van der Waals surface area contributed by atoms with Gasteiger partial charge in [0.15, 0.2) is 5.13 Å². The number of nitrogens with zero attached hydrogens (tertiary/aromatic N) is 3. The van der Waals surface area contributed by atoms with E-state index in [-0.39, 0.29) is 5.57 Å². The largest absolute Gasteiger partial charge is 0.317 e. The highest BCUT2D eigenvalue weighted by atomic mass is 79.9. The maximum absolute atomic E-state index is 12.2. The third kappa shape index (κ3) is 3.62. The summed E-state index contributed by atoms with van der Waals surface area (Å²) in [5.74, 6) is -0.476. The monoisotopic (exact) mass is 398 g/mol. The van der Waals surface area contributed by atoms with Crippen molar-refractivity contribution in [3.8, 4) is 11.8 Å². The summed E-state index contributed by atoms with van der Waals surface area (Å²) in [5.41, 5.74) is 1.69. The van der Waals surface area contributed by atoms with Crippen LogP contribution < -0.4 is 5.32 Å². The number of aromatic nitrogens is 2. The molecule has 2 heterocycles. The second kappa shape index (κ2) is 7.25. The third-order valence-corrected chi connectivity index (χ3v) is 4.41. The highest BCUT2D eigenvalue weighted by Crippen LogP contribution is 2.19. The van der Waals surface area contributed by atoms with Crippen LogP contribution in [-0.2, 0) is 4.79 Å². The van der Waals surface area contributed by atoms with Crippen molar-refractivity contribution in [1.82, 2.24) is 9.55 Å². The zero-order chi connectivity index (χ0) is 16.9. The summed E-state index contributed by atoms with van der Waals surface area (Å²) in [6.45, 7) is 0. The first-order chi connectivity index (χ1) is 11.7. The second-order valence-corrected chi connectivity index (χ2v) is 6.55. The number of carbonyl (C=O) groups excluding carboxylic acids is 1. The van der Waals surface area contributed by atoms with Gasteiger partial charge in [-0.1, -0.05) is 15.9 Å². The van der Waals surface area contributed by atoms with Crippen LogP contribution in [0, 0.1) is 11.3 Å². The number of anilines is 1. The molecule has 3 rings (SSSR count). The van der Waals surface area contributed by atoms with E-state index >= 15 is 0 Å². The molecule has 0 fully saturated rings. The highest BCUT2D eigenvalue weighted by molar-refractivity contribution is 9.10. The van der Waals surface area contributed by atoms with Crippen LogP contribution in [0.4, 0.5) is 5.13 Å². The van der Waals surface area contributed by atoms with Gasteiger partial charge in [-0.3, -0.25) is 10.1 Å². The van der Waals surface area contributed by atoms with Crippen LogP contribution in [0.25, 0.3) is 11.8 Å². The van der Waals surface area contributed by atoms with E-state index in [2.05, 4.69) is 26.2 Å². The highest BCUT2D eigenvalue weighted by Gasteiger charge is 2.12. The molecule has 7 heteroatoms. The van der Waals surface area contributed by atoms with Gasteiger partial charge in [0.2, 0.25) is 0 Å². The van der Waals surface area contributed by atoms with Crippen LogP contribution in [0.1, 0.15) is 5.69 Å². The van der Waals surface area contributed by atoms with Gasteiger partial charge in [-0.15, -0.1) is 11.3 Å². The van der Waals surface area contributed by atoms with Crippen molar-refractivity contribution in [2.75, 3.05) is 5.32 Å². The molecule has 0 saturated heterocycles. The van der Waals surface area contributed by atoms with Crippen LogP contribution in [0.5, 0.6) is 0 Å². The molecular weight excluding hydrogens is 388 g/mol. The standard InChI is InChI=1S/C17H11BrN4OS/c18-13-3-5-14(6-4-13)22-8-1-2-15(22)10-12(11-19)16(23)21-17-20-7-9-24-17/h1-10H,(H,20,21,23)/b12-10-. The smallest absolute Gasteiger partial charge is 0.268 e. The number of nitriles is 1. The Morgan fingerprint density at radius 3 is 2.79 bits per heavy atom. The summed E-state index contributed by atoms with van der Waals surface area (Å²) in [5, 5.41) is 14.1. The van der Waals surface area contributed by atoms with Gasteiger partial charge in [0.05, 0.1) is 0 Å². The van der Waals surface area contributed by atoms with Gasteiger partial charge in [0, 0.05) is 33.6 Å². The summed E-state index contributed by atoms with van der Waals surface area (Å²) >= 11 is 4.70. The average molecular weight is 399 g/mol. The molecule has 1 N–H and O–H groups in total. The topological polar surface area (TPSA) is 70.7 Å². The molecule has 2 aromatic heterocycles. The van der Waals surface area contributed by atoms with E-state index in [1.807, 2.05) is 53.2 Å². The fourth-order valence-electron chi connectivity index (χ4n) is 2.09. The lowest BCUT2D eigenvalue weighted by Gasteiger charge is -2.07. The zero-order valence-corrected chi connectivity index (χ0v) is 14.7. The second-order valence-electron chi connectivity index (χ2n) is 4.74. The Morgan fingerprint density at radius 1 is 1.33 bits per heavy atom. The molecule has 0 saturated carbocycles. The van der Waals surface area contributed by atoms with E-state index in [0.717, 1.165) is 15.9 Å². The Labute approximate surface area is 151 Å². The Bertz CT molecular complexity index is 920. The first-order valence-electron chi connectivity index (χ1n) is 6.93. The van der Waals surface area contributed by atoms with E-state index in [1.54, 1.807) is 17.7 Å². The van der Waals surface area contributed by atoms with Gasteiger partial charge in [-0.25, -0.2) is 4.98 Å². The molecule has 0 bridgehead atoms. The molecule has 0 aliphatic carbocycles. The van der Waals surface area contributed by atoms with Gasteiger partial charge in [0.1, 0.15) is 11.6 Å². The number of hydrogen-bond acceptors (Lipinski definition) is 4. The minimum atomic E-state index is -0.476. The van der Waals surface area contributed by atoms with Crippen molar-refractivity contribution in [2.24, 2.45) is 0 Å². The van der Waals surface area contributed by atoms with Gasteiger partial charge >= 0.3 is 0 Å². The Morgan fingerprint density at radius 2 is 2.12 bits per heavy atom. The summed E-state index contributed by atoms with van der Waals surface area (Å²) in [6.07, 6.45) is 5.03. The van der Waals surface area contributed by atoms with Gasteiger partial charge in [-0.05, 0) is 42.5 Å². The molecular formula is C17H11BrN4OS. The van der Waals surface area contributed by atoms with E-state index < -0.39 is 5.91 Å². The molecule has 0 unspecified atom stereocenters. The zero-order valence-electron chi connectivity index (χ0n) is 12.3. The number of carbonyl (C=O) groups is 1. The van der Waals surface area contributed by atoms with Crippen LogP contribution in [0.15, 0.2) is 64.2 Å². The van der Waals surface area contributed by atoms with Gasteiger partial charge in [-0.2, -0.15) is 5.26 Å². The van der Waals surface area contributed by atoms with Crippen molar-refractivity contribution >= 4 is 44.4 Å². The van der Waals surface area contributed by atoms with E-state index in [0.29, 0.717) is 5.13 Å². The lowest BCUT2D eigenvalue weighted by Crippen LogP contribution is -2.13. The number of halogens is 1. The van der Waals surface area contributed by atoms with E-state index in [1.165, 1.54) is 11.3 Å². The summed E-state index contributed by atoms with van der Waals surface area (Å²) in [6, 6.07) is 13.4. The lowest BCUT2D eigenvalue weighted by molar-refractivity contribution is -0.112. The molecule has 0 spiro atoms. The molecule has 24 heavy (non-hydrogen) atoms. The normalized spacial score (nSPS) is 11.1. The molecule has 0 atom stereocenters. The number of hydrogen-bond donors (Lipinski definition) is 1. The summed E-state index contributed by atoms with van der Waals surface area (Å²) in [7, 11) is 0. The van der Waals surface area contributed by atoms with Crippen molar-refractivity contribution in [3.05, 3.63) is 69.9 Å². The van der Waals surface area contributed by atoms with Crippen molar-refractivity contribution in [1.29, 1.82) is 5.26 Å². The molecule has 5 nitrogen and oxygen atoms in total. The van der Waals surface area contributed by atoms with Crippen molar-refractivity contribution < 1.29 is 4.79 Å².